The number of aromatic amines is 1. The molecular formula is C19H22Cl2N6O2. The Bertz CT molecular complexity index is 922. The Labute approximate surface area is 178 Å². The van der Waals surface area contributed by atoms with Gasteiger partial charge in [-0.15, -0.1) is 0 Å². The predicted octanol–water partition coefficient (Wildman–Crippen LogP) is 3.20. The molecule has 1 unspecified atom stereocenters. The number of hydrogen-bond donors (Lipinski definition) is 4. The zero-order valence-electron chi connectivity index (χ0n) is 15.8. The van der Waals surface area contributed by atoms with Crippen molar-refractivity contribution in [2.24, 2.45) is 4.99 Å². The van der Waals surface area contributed by atoms with Gasteiger partial charge in [-0.05, 0) is 42.8 Å². The summed E-state index contributed by atoms with van der Waals surface area (Å²) >= 11 is 12.0. The van der Waals surface area contributed by atoms with Crippen LogP contribution < -0.4 is 10.6 Å². The minimum atomic E-state index is -0.813. The Hall–Kier alpha value is -2.55. The highest BCUT2D eigenvalue weighted by atomic mass is 35.5. The third kappa shape index (κ3) is 6.22. The van der Waals surface area contributed by atoms with Gasteiger partial charge >= 0.3 is 0 Å². The molecule has 4 N–H and O–H groups in total. The quantitative estimate of drug-likeness (QED) is 0.318. The number of benzene rings is 1. The lowest BCUT2D eigenvalue weighted by Crippen LogP contribution is -2.38. The highest BCUT2D eigenvalue weighted by Gasteiger charge is 2.11. The van der Waals surface area contributed by atoms with Gasteiger partial charge in [-0.3, -0.25) is 10.1 Å². The minimum Gasteiger partial charge on any atom is -0.461 e. The van der Waals surface area contributed by atoms with E-state index in [1.807, 2.05) is 6.92 Å². The van der Waals surface area contributed by atoms with Gasteiger partial charge in [-0.25, -0.2) is 4.98 Å². The van der Waals surface area contributed by atoms with Crippen LogP contribution in [0.2, 0.25) is 10.0 Å². The van der Waals surface area contributed by atoms with E-state index in [1.165, 1.54) is 0 Å². The first-order chi connectivity index (χ1) is 14.0. The van der Waals surface area contributed by atoms with Gasteiger partial charge < -0.3 is 20.2 Å². The van der Waals surface area contributed by atoms with Crippen LogP contribution in [0.15, 0.2) is 46.0 Å². The van der Waals surface area contributed by atoms with Crippen molar-refractivity contribution in [3.8, 4) is 11.6 Å². The number of guanidine groups is 1. The number of aliphatic hydroxyl groups excluding tert-OH is 1. The van der Waals surface area contributed by atoms with Crippen LogP contribution in [-0.2, 0) is 6.42 Å². The third-order valence-electron chi connectivity index (χ3n) is 3.96. The van der Waals surface area contributed by atoms with Gasteiger partial charge in [0.25, 0.3) is 0 Å². The van der Waals surface area contributed by atoms with E-state index in [4.69, 9.17) is 27.6 Å². The first-order valence-electron chi connectivity index (χ1n) is 9.16. The van der Waals surface area contributed by atoms with Crippen LogP contribution in [0.4, 0.5) is 0 Å². The van der Waals surface area contributed by atoms with Crippen molar-refractivity contribution >= 4 is 29.2 Å². The van der Waals surface area contributed by atoms with Crippen molar-refractivity contribution in [3.05, 3.63) is 58.0 Å². The lowest BCUT2D eigenvalue weighted by atomic mass is 10.1. The van der Waals surface area contributed by atoms with Gasteiger partial charge in [0.2, 0.25) is 5.82 Å². The van der Waals surface area contributed by atoms with E-state index in [0.29, 0.717) is 52.7 Å². The fraction of sp³-hybridized carbons (Fsp3) is 0.316. The fourth-order valence-corrected chi connectivity index (χ4v) is 3.16. The van der Waals surface area contributed by atoms with Crippen LogP contribution in [0.5, 0.6) is 0 Å². The normalized spacial score (nSPS) is 12.8. The number of hydrogen-bond acceptors (Lipinski definition) is 5. The molecule has 0 saturated carbocycles. The summed E-state index contributed by atoms with van der Waals surface area (Å²) in [6.07, 6.45) is 1.38. The van der Waals surface area contributed by atoms with Crippen molar-refractivity contribution in [2.75, 3.05) is 19.6 Å². The molecule has 0 aliphatic heterocycles. The highest BCUT2D eigenvalue weighted by molar-refractivity contribution is 6.34. The van der Waals surface area contributed by atoms with Crippen molar-refractivity contribution in [1.29, 1.82) is 0 Å². The topological polar surface area (TPSA) is 111 Å². The SMILES string of the molecule is CCNC(=NCC(O)c1cc(Cl)cc(Cl)c1)NCCc1nc(-c2ccco2)n[nH]1. The lowest BCUT2D eigenvalue weighted by molar-refractivity contribution is 0.187. The average Bonchev–Trinajstić information content (AvgIpc) is 3.36. The number of aliphatic hydroxyl groups is 1. The van der Waals surface area contributed by atoms with Crippen LogP contribution in [0.3, 0.4) is 0 Å². The van der Waals surface area contributed by atoms with Crippen molar-refractivity contribution in [3.63, 3.8) is 0 Å². The minimum absolute atomic E-state index is 0.164. The summed E-state index contributed by atoms with van der Waals surface area (Å²) in [6.45, 7) is 3.40. The lowest BCUT2D eigenvalue weighted by Gasteiger charge is -2.13. The molecule has 154 valence electrons. The number of nitrogens with one attached hydrogen (secondary N) is 3. The Kier molecular flexibility index (Phi) is 7.51. The van der Waals surface area contributed by atoms with Crippen molar-refractivity contribution in [2.45, 2.75) is 19.4 Å². The first-order valence-corrected chi connectivity index (χ1v) is 9.92. The summed E-state index contributed by atoms with van der Waals surface area (Å²) in [4.78, 5) is 8.82. The average molecular weight is 437 g/mol. The Morgan fingerprint density at radius 1 is 1.28 bits per heavy atom. The largest absolute Gasteiger partial charge is 0.461 e. The van der Waals surface area contributed by atoms with Gasteiger partial charge in [-0.2, -0.15) is 5.10 Å². The molecule has 3 rings (SSSR count). The number of H-pyrrole nitrogens is 1. The van der Waals surface area contributed by atoms with E-state index < -0.39 is 6.10 Å². The second-order valence-electron chi connectivity index (χ2n) is 6.20. The molecule has 0 fully saturated rings. The molecule has 0 saturated heterocycles. The van der Waals surface area contributed by atoms with E-state index in [0.717, 1.165) is 5.82 Å². The van der Waals surface area contributed by atoms with E-state index in [2.05, 4.69) is 30.8 Å². The standard InChI is InChI=1S/C19H22Cl2N6O2/c1-2-22-19(24-11-15(28)12-8-13(20)10-14(21)9-12)23-6-5-17-25-18(27-26-17)16-4-3-7-29-16/h3-4,7-10,15,28H,2,5-6,11H2,1H3,(H2,22,23,24)(H,25,26,27). The van der Waals surface area contributed by atoms with Crippen LogP contribution in [0.1, 0.15) is 24.4 Å². The first kappa shape index (κ1) is 21.2. The van der Waals surface area contributed by atoms with Crippen LogP contribution in [0, 0.1) is 0 Å². The van der Waals surface area contributed by atoms with E-state index >= 15 is 0 Å². The molecule has 2 aromatic heterocycles. The molecule has 10 heteroatoms. The Balaban J connectivity index is 1.54. The second kappa shape index (κ2) is 10.3. The Morgan fingerprint density at radius 2 is 2.07 bits per heavy atom. The zero-order chi connectivity index (χ0) is 20.6. The number of furan rings is 1. The summed E-state index contributed by atoms with van der Waals surface area (Å²) in [7, 11) is 0. The van der Waals surface area contributed by atoms with Crippen LogP contribution in [0.25, 0.3) is 11.6 Å². The van der Waals surface area contributed by atoms with Crippen LogP contribution >= 0.6 is 23.2 Å². The predicted molar refractivity (Wildman–Crippen MR) is 113 cm³/mol. The van der Waals surface area contributed by atoms with Crippen molar-refractivity contribution in [1.82, 2.24) is 25.8 Å². The Morgan fingerprint density at radius 3 is 2.76 bits per heavy atom. The molecule has 1 aromatic carbocycles. The maximum atomic E-state index is 10.4. The van der Waals surface area contributed by atoms with Gasteiger partial charge in [0.15, 0.2) is 11.7 Å². The molecule has 0 aliphatic rings. The smallest absolute Gasteiger partial charge is 0.216 e. The third-order valence-corrected chi connectivity index (χ3v) is 4.40. The summed E-state index contributed by atoms with van der Waals surface area (Å²) in [5.41, 5.74) is 0.620. The van der Waals surface area contributed by atoms with Gasteiger partial charge in [-0.1, -0.05) is 23.2 Å². The van der Waals surface area contributed by atoms with E-state index in [9.17, 15) is 5.11 Å². The van der Waals surface area contributed by atoms with Gasteiger partial charge in [0.1, 0.15) is 5.82 Å². The summed E-state index contributed by atoms with van der Waals surface area (Å²) in [5, 5.41) is 24.7. The molecular weight excluding hydrogens is 415 g/mol. The molecule has 8 nitrogen and oxygen atoms in total. The maximum Gasteiger partial charge on any atom is 0.216 e. The molecule has 0 amide bonds. The molecule has 3 aromatic rings. The molecule has 0 aliphatic carbocycles. The van der Waals surface area contributed by atoms with Crippen molar-refractivity contribution < 1.29 is 9.52 Å². The van der Waals surface area contributed by atoms with Gasteiger partial charge in [0.05, 0.1) is 18.9 Å². The van der Waals surface area contributed by atoms with E-state index in [-0.39, 0.29) is 6.54 Å². The molecule has 0 radical (unpaired) electrons. The number of rotatable bonds is 8. The van der Waals surface area contributed by atoms with Gasteiger partial charge in [0, 0.05) is 29.6 Å². The summed E-state index contributed by atoms with van der Waals surface area (Å²) < 4.78 is 5.28. The summed E-state index contributed by atoms with van der Waals surface area (Å²) in [6, 6.07) is 8.56. The number of nitrogens with zero attached hydrogens (tertiary/aromatic N) is 3. The maximum absolute atomic E-state index is 10.4. The number of halogens is 2. The second-order valence-corrected chi connectivity index (χ2v) is 7.07. The zero-order valence-corrected chi connectivity index (χ0v) is 17.3. The molecule has 29 heavy (non-hydrogen) atoms. The molecule has 2 heterocycles. The highest BCUT2D eigenvalue weighted by Crippen LogP contribution is 2.23. The molecule has 0 spiro atoms. The molecule has 0 bridgehead atoms. The monoisotopic (exact) mass is 436 g/mol. The number of aromatic nitrogens is 3. The summed E-state index contributed by atoms with van der Waals surface area (Å²) in [5.74, 6) is 2.46. The number of aliphatic imine (C=N–C) groups is 1. The fourth-order valence-electron chi connectivity index (χ4n) is 2.61. The van der Waals surface area contributed by atoms with Crippen LogP contribution in [-0.4, -0.2) is 45.9 Å². The molecule has 1 atom stereocenters. The van der Waals surface area contributed by atoms with E-state index in [1.54, 1.807) is 36.6 Å².